The normalized spacial score (nSPS) is 33.2. The van der Waals surface area contributed by atoms with Crippen molar-refractivity contribution in [3.8, 4) is 11.5 Å². The van der Waals surface area contributed by atoms with Crippen molar-refractivity contribution < 1.29 is 9.47 Å². The van der Waals surface area contributed by atoms with E-state index in [9.17, 15) is 0 Å². The minimum atomic E-state index is -0.375. The number of rotatable bonds is 0. The van der Waals surface area contributed by atoms with Crippen LogP contribution in [0.15, 0.2) is 24.3 Å². The molecule has 0 aliphatic carbocycles. The van der Waals surface area contributed by atoms with Gasteiger partial charge in [0.1, 0.15) is 0 Å². The average molecular weight is 217 g/mol. The van der Waals surface area contributed by atoms with Crippen LogP contribution in [0.5, 0.6) is 11.5 Å². The summed E-state index contributed by atoms with van der Waals surface area (Å²) in [7, 11) is 0. The fourth-order valence-electron chi connectivity index (χ4n) is 3.21. The molecule has 0 unspecified atom stereocenters. The number of nitrogens with zero attached hydrogens (tertiary/aromatic N) is 1. The van der Waals surface area contributed by atoms with E-state index in [1.54, 1.807) is 0 Å². The van der Waals surface area contributed by atoms with Crippen LogP contribution in [0.2, 0.25) is 0 Å². The van der Waals surface area contributed by atoms with E-state index in [1.807, 2.05) is 24.3 Å². The summed E-state index contributed by atoms with van der Waals surface area (Å²) < 4.78 is 12.2. The largest absolute Gasteiger partial charge is 0.447 e. The summed E-state index contributed by atoms with van der Waals surface area (Å²) >= 11 is 0. The molecule has 0 amide bonds. The molecule has 2 bridgehead atoms. The summed E-state index contributed by atoms with van der Waals surface area (Å²) in [6, 6.07) is 8.01. The van der Waals surface area contributed by atoms with Crippen LogP contribution >= 0.6 is 0 Å². The lowest BCUT2D eigenvalue weighted by Crippen LogP contribution is -2.63. The highest BCUT2D eigenvalue weighted by Gasteiger charge is 2.54. The Labute approximate surface area is 95.0 Å². The van der Waals surface area contributed by atoms with Gasteiger partial charge in [-0.05, 0) is 38.1 Å². The zero-order valence-corrected chi connectivity index (χ0v) is 9.19. The van der Waals surface area contributed by atoms with Gasteiger partial charge in [-0.1, -0.05) is 12.1 Å². The second-order valence-corrected chi connectivity index (χ2v) is 5.01. The third kappa shape index (κ3) is 1.07. The molecular formula is C13H15NO2. The molecule has 1 spiro atoms. The van der Waals surface area contributed by atoms with Crippen LogP contribution in [0.1, 0.15) is 12.8 Å². The summed E-state index contributed by atoms with van der Waals surface area (Å²) in [6.07, 6.45) is 2.40. The number of benzene rings is 1. The Morgan fingerprint density at radius 1 is 1.06 bits per heavy atom. The molecule has 4 aliphatic rings. The van der Waals surface area contributed by atoms with E-state index in [2.05, 4.69) is 4.90 Å². The molecule has 0 radical (unpaired) electrons. The topological polar surface area (TPSA) is 21.7 Å². The smallest absolute Gasteiger partial charge is 0.267 e. The van der Waals surface area contributed by atoms with Gasteiger partial charge in [0.05, 0.1) is 6.54 Å². The van der Waals surface area contributed by atoms with Crippen LogP contribution in [0.3, 0.4) is 0 Å². The maximum atomic E-state index is 6.11. The minimum Gasteiger partial charge on any atom is -0.447 e. The van der Waals surface area contributed by atoms with Crippen molar-refractivity contribution in [2.24, 2.45) is 5.92 Å². The quantitative estimate of drug-likeness (QED) is 0.662. The highest BCUT2D eigenvalue weighted by molar-refractivity contribution is 5.43. The SMILES string of the molecule is c1ccc2c(c1)OC1(CN3CCC1CC3)O2. The Morgan fingerprint density at radius 3 is 2.19 bits per heavy atom. The van der Waals surface area contributed by atoms with Crippen LogP contribution in [-0.2, 0) is 0 Å². The molecule has 1 aromatic rings. The molecule has 3 heteroatoms. The highest BCUT2D eigenvalue weighted by atomic mass is 16.7. The van der Waals surface area contributed by atoms with E-state index in [-0.39, 0.29) is 5.79 Å². The van der Waals surface area contributed by atoms with Gasteiger partial charge in [0.25, 0.3) is 5.79 Å². The molecule has 5 rings (SSSR count). The van der Waals surface area contributed by atoms with E-state index in [1.165, 1.54) is 25.9 Å². The Kier molecular flexibility index (Phi) is 1.62. The molecule has 3 fully saturated rings. The van der Waals surface area contributed by atoms with Crippen LogP contribution in [0.25, 0.3) is 0 Å². The van der Waals surface area contributed by atoms with Crippen molar-refractivity contribution in [1.29, 1.82) is 0 Å². The number of piperidine rings is 3. The first-order valence-corrected chi connectivity index (χ1v) is 6.05. The second kappa shape index (κ2) is 2.92. The van der Waals surface area contributed by atoms with Crippen molar-refractivity contribution in [1.82, 2.24) is 4.90 Å². The van der Waals surface area contributed by atoms with Gasteiger partial charge in [0.2, 0.25) is 0 Å². The Bertz CT molecular complexity index is 399. The first-order valence-electron chi connectivity index (χ1n) is 6.05. The molecule has 3 saturated heterocycles. The van der Waals surface area contributed by atoms with Gasteiger partial charge in [-0.2, -0.15) is 0 Å². The summed E-state index contributed by atoms with van der Waals surface area (Å²) in [5.74, 6) is 2.01. The molecule has 0 atom stereocenters. The molecule has 3 nitrogen and oxygen atoms in total. The summed E-state index contributed by atoms with van der Waals surface area (Å²) in [4.78, 5) is 2.45. The lowest BCUT2D eigenvalue weighted by molar-refractivity contribution is -0.189. The molecule has 1 aromatic carbocycles. The molecule has 16 heavy (non-hydrogen) atoms. The third-order valence-corrected chi connectivity index (χ3v) is 4.07. The zero-order chi connectivity index (χ0) is 10.6. The van der Waals surface area contributed by atoms with E-state index in [4.69, 9.17) is 9.47 Å². The van der Waals surface area contributed by atoms with E-state index >= 15 is 0 Å². The second-order valence-electron chi connectivity index (χ2n) is 5.01. The fourth-order valence-corrected chi connectivity index (χ4v) is 3.21. The van der Waals surface area contributed by atoms with Crippen LogP contribution in [0, 0.1) is 5.92 Å². The summed E-state index contributed by atoms with van der Waals surface area (Å²) in [6.45, 7) is 3.33. The monoisotopic (exact) mass is 217 g/mol. The fraction of sp³-hybridized carbons (Fsp3) is 0.538. The molecule has 0 saturated carbocycles. The maximum absolute atomic E-state index is 6.11. The molecular weight excluding hydrogens is 202 g/mol. The van der Waals surface area contributed by atoms with Crippen molar-refractivity contribution in [2.75, 3.05) is 19.6 Å². The summed E-state index contributed by atoms with van der Waals surface area (Å²) in [5.41, 5.74) is 0. The number of para-hydroxylation sites is 2. The average Bonchev–Trinajstić information content (AvgIpc) is 2.68. The Balaban J connectivity index is 1.72. The Morgan fingerprint density at radius 2 is 1.69 bits per heavy atom. The van der Waals surface area contributed by atoms with Crippen molar-refractivity contribution in [3.05, 3.63) is 24.3 Å². The van der Waals surface area contributed by atoms with Gasteiger partial charge in [-0.25, -0.2) is 0 Å². The standard InChI is InChI=1S/C13H15NO2/c1-2-4-12-11(3-1)15-13(16-12)9-14-7-5-10(13)6-8-14/h1-4,10H,5-9H2. The maximum Gasteiger partial charge on any atom is 0.267 e. The number of hydrogen-bond acceptors (Lipinski definition) is 3. The first kappa shape index (κ1) is 8.88. The third-order valence-electron chi connectivity index (χ3n) is 4.07. The van der Waals surface area contributed by atoms with E-state index in [0.29, 0.717) is 5.92 Å². The lowest BCUT2D eigenvalue weighted by Gasteiger charge is -2.48. The van der Waals surface area contributed by atoms with Gasteiger partial charge in [-0.15, -0.1) is 0 Å². The molecule has 4 heterocycles. The first-order chi connectivity index (χ1) is 7.86. The minimum absolute atomic E-state index is 0.375. The molecule has 0 N–H and O–H groups in total. The molecule has 0 aromatic heterocycles. The van der Waals surface area contributed by atoms with E-state index in [0.717, 1.165) is 18.0 Å². The number of ether oxygens (including phenoxy) is 2. The summed E-state index contributed by atoms with van der Waals surface area (Å²) in [5, 5.41) is 0. The van der Waals surface area contributed by atoms with Gasteiger partial charge in [0.15, 0.2) is 11.5 Å². The zero-order valence-electron chi connectivity index (χ0n) is 9.19. The van der Waals surface area contributed by atoms with Gasteiger partial charge >= 0.3 is 0 Å². The predicted molar refractivity (Wildman–Crippen MR) is 59.6 cm³/mol. The van der Waals surface area contributed by atoms with Crippen LogP contribution in [-0.4, -0.2) is 30.3 Å². The van der Waals surface area contributed by atoms with Gasteiger partial charge < -0.3 is 9.47 Å². The van der Waals surface area contributed by atoms with Crippen LogP contribution < -0.4 is 9.47 Å². The van der Waals surface area contributed by atoms with Gasteiger partial charge in [0, 0.05) is 5.92 Å². The Hall–Kier alpha value is -1.22. The molecule has 84 valence electrons. The van der Waals surface area contributed by atoms with Crippen molar-refractivity contribution >= 4 is 0 Å². The van der Waals surface area contributed by atoms with Crippen molar-refractivity contribution in [2.45, 2.75) is 18.6 Å². The van der Waals surface area contributed by atoms with E-state index < -0.39 is 0 Å². The van der Waals surface area contributed by atoms with Crippen molar-refractivity contribution in [3.63, 3.8) is 0 Å². The highest BCUT2D eigenvalue weighted by Crippen LogP contribution is 2.47. The number of fused-ring (bicyclic) bond motifs is 3. The number of hydrogen-bond donors (Lipinski definition) is 0. The van der Waals surface area contributed by atoms with Gasteiger partial charge in [-0.3, -0.25) is 4.90 Å². The predicted octanol–water partition coefficient (Wildman–Crippen LogP) is 1.88. The molecule has 4 aliphatic heterocycles. The van der Waals surface area contributed by atoms with Crippen LogP contribution in [0.4, 0.5) is 0 Å². The lowest BCUT2D eigenvalue weighted by atomic mass is 9.83.